The van der Waals surface area contributed by atoms with Gasteiger partial charge in [-0.15, -0.1) is 0 Å². The molecule has 0 spiro atoms. The minimum absolute atomic E-state index is 0.124. The molecule has 1 heterocycles. The lowest BCUT2D eigenvalue weighted by Crippen LogP contribution is -2.51. The van der Waals surface area contributed by atoms with Gasteiger partial charge in [0.2, 0.25) is 0 Å². The fraction of sp³-hybridized carbons (Fsp3) is 0.933. The molecule has 1 atom stereocenters. The molecule has 1 N–H and O–H groups in total. The lowest BCUT2D eigenvalue weighted by atomic mass is 9.99. The molecule has 5 heteroatoms. The van der Waals surface area contributed by atoms with Crippen LogP contribution in [0.4, 0.5) is 0 Å². The molecule has 1 fully saturated rings. The monoisotopic (exact) mass is 303 g/mol. The van der Waals surface area contributed by atoms with Crippen LogP contribution in [0.3, 0.4) is 0 Å². The van der Waals surface area contributed by atoms with E-state index in [2.05, 4.69) is 12.2 Å². The van der Waals surface area contributed by atoms with Crippen molar-refractivity contribution in [2.45, 2.75) is 57.2 Å². The second-order valence-corrected chi connectivity index (χ2v) is 6.82. The first-order valence-electron chi connectivity index (χ1n) is 7.74. The molecule has 0 amide bonds. The van der Waals surface area contributed by atoms with Crippen LogP contribution < -0.4 is 5.32 Å². The van der Waals surface area contributed by atoms with Crippen LogP contribution in [-0.4, -0.2) is 48.9 Å². The smallest absolute Gasteiger partial charge is 0.326 e. The molecule has 20 heavy (non-hydrogen) atoms. The molecule has 0 bridgehead atoms. The third-order valence-corrected chi connectivity index (χ3v) is 5.00. The summed E-state index contributed by atoms with van der Waals surface area (Å²) in [5, 5.41) is 4.04. The molecule has 4 nitrogen and oxygen atoms in total. The zero-order chi connectivity index (χ0) is 14.8. The molecular weight excluding hydrogens is 274 g/mol. The van der Waals surface area contributed by atoms with E-state index in [4.69, 9.17) is 9.47 Å². The van der Waals surface area contributed by atoms with Gasteiger partial charge in [-0.2, -0.15) is 11.8 Å². The summed E-state index contributed by atoms with van der Waals surface area (Å²) in [6.45, 7) is 8.96. The van der Waals surface area contributed by atoms with Crippen molar-refractivity contribution in [2.75, 3.05) is 32.1 Å². The molecule has 1 aliphatic rings. The van der Waals surface area contributed by atoms with Crippen LogP contribution in [0.25, 0.3) is 0 Å². The summed E-state index contributed by atoms with van der Waals surface area (Å²) in [5.41, 5.74) is -0.551. The molecule has 0 aliphatic carbocycles. The zero-order valence-electron chi connectivity index (χ0n) is 13.1. The number of hydrogen-bond donors (Lipinski definition) is 1. The van der Waals surface area contributed by atoms with Gasteiger partial charge in [0.05, 0.1) is 6.61 Å². The lowest BCUT2D eigenvalue weighted by molar-refractivity contribution is -0.150. The Labute approximate surface area is 127 Å². The normalized spacial score (nSPS) is 19.6. The summed E-state index contributed by atoms with van der Waals surface area (Å²) >= 11 is 1.97. The fourth-order valence-electron chi connectivity index (χ4n) is 2.23. The number of esters is 1. The topological polar surface area (TPSA) is 47.6 Å². The van der Waals surface area contributed by atoms with E-state index in [1.54, 1.807) is 0 Å². The van der Waals surface area contributed by atoms with E-state index >= 15 is 0 Å². The Balaban J connectivity index is 2.40. The molecule has 0 aromatic rings. The Bertz CT molecular complexity index is 282. The van der Waals surface area contributed by atoms with Gasteiger partial charge in [-0.05, 0) is 51.8 Å². The van der Waals surface area contributed by atoms with E-state index in [-0.39, 0.29) is 5.97 Å². The molecule has 1 unspecified atom stereocenters. The first-order chi connectivity index (χ1) is 9.62. The quantitative estimate of drug-likeness (QED) is 0.664. The number of rotatable bonds is 9. The van der Waals surface area contributed by atoms with Crippen LogP contribution >= 0.6 is 11.8 Å². The molecule has 1 aliphatic heterocycles. The van der Waals surface area contributed by atoms with Gasteiger partial charge in [-0.1, -0.05) is 6.92 Å². The van der Waals surface area contributed by atoms with Gasteiger partial charge in [0.15, 0.2) is 0 Å². The highest BCUT2D eigenvalue weighted by atomic mass is 32.2. The van der Waals surface area contributed by atoms with Gasteiger partial charge in [0.25, 0.3) is 0 Å². The minimum Gasteiger partial charge on any atom is -0.465 e. The average Bonchev–Trinajstić information content (AvgIpc) is 2.46. The predicted molar refractivity (Wildman–Crippen MR) is 84.2 cm³/mol. The second kappa shape index (κ2) is 9.64. The van der Waals surface area contributed by atoms with Crippen molar-refractivity contribution in [1.82, 2.24) is 5.32 Å². The first kappa shape index (κ1) is 17.8. The Morgan fingerprint density at radius 3 is 2.70 bits per heavy atom. The number of thioether (sulfide) groups is 1. The number of carbonyl (C=O) groups is 1. The van der Waals surface area contributed by atoms with Crippen LogP contribution in [0.5, 0.6) is 0 Å². The van der Waals surface area contributed by atoms with Crippen molar-refractivity contribution in [3.8, 4) is 0 Å². The Morgan fingerprint density at radius 1 is 1.40 bits per heavy atom. The van der Waals surface area contributed by atoms with Crippen LogP contribution in [-0.2, 0) is 14.3 Å². The highest BCUT2D eigenvalue weighted by Crippen LogP contribution is 2.25. The summed E-state index contributed by atoms with van der Waals surface area (Å²) < 4.78 is 10.6. The number of carbonyl (C=O) groups excluding carboxylic acids is 1. The highest BCUT2D eigenvalue weighted by molar-refractivity contribution is 7.99. The fourth-order valence-corrected chi connectivity index (χ4v) is 3.61. The average molecular weight is 303 g/mol. The van der Waals surface area contributed by atoms with Crippen molar-refractivity contribution >= 4 is 17.7 Å². The lowest BCUT2D eigenvalue weighted by Gasteiger charge is -2.29. The van der Waals surface area contributed by atoms with Gasteiger partial charge < -0.3 is 14.8 Å². The standard InChI is InChI=1S/C15H29NO3S/c1-4-9-16-15(3,14(17)19-5-2)8-12-20-13-6-10-18-11-7-13/h13,16H,4-12H2,1-3H3. The number of ether oxygens (including phenoxy) is 2. The Kier molecular flexibility index (Phi) is 8.57. The largest absolute Gasteiger partial charge is 0.465 e. The molecular formula is C15H29NO3S. The van der Waals surface area contributed by atoms with E-state index < -0.39 is 5.54 Å². The van der Waals surface area contributed by atoms with Gasteiger partial charge in [0, 0.05) is 18.5 Å². The minimum atomic E-state index is -0.551. The van der Waals surface area contributed by atoms with Crippen molar-refractivity contribution in [3.05, 3.63) is 0 Å². The third kappa shape index (κ3) is 6.02. The zero-order valence-corrected chi connectivity index (χ0v) is 13.9. The van der Waals surface area contributed by atoms with Gasteiger partial charge in [-0.25, -0.2) is 0 Å². The third-order valence-electron chi connectivity index (χ3n) is 3.62. The van der Waals surface area contributed by atoms with E-state index in [1.165, 1.54) is 0 Å². The van der Waals surface area contributed by atoms with Crippen molar-refractivity contribution in [1.29, 1.82) is 0 Å². The van der Waals surface area contributed by atoms with Gasteiger partial charge in [0.1, 0.15) is 5.54 Å². The van der Waals surface area contributed by atoms with Crippen LogP contribution in [0.2, 0.25) is 0 Å². The Hall–Kier alpha value is -0.260. The van der Waals surface area contributed by atoms with Crippen LogP contribution in [0.15, 0.2) is 0 Å². The predicted octanol–water partition coefficient (Wildman–Crippen LogP) is 2.61. The van der Waals surface area contributed by atoms with Crippen molar-refractivity contribution < 1.29 is 14.3 Å². The number of nitrogens with one attached hydrogen (secondary N) is 1. The van der Waals surface area contributed by atoms with E-state index in [1.807, 2.05) is 25.6 Å². The Morgan fingerprint density at radius 2 is 2.10 bits per heavy atom. The number of hydrogen-bond acceptors (Lipinski definition) is 5. The SMILES string of the molecule is CCCNC(C)(CCSC1CCOCC1)C(=O)OCC. The molecule has 0 saturated carbocycles. The first-order valence-corrected chi connectivity index (χ1v) is 8.79. The molecule has 0 aromatic carbocycles. The molecule has 0 radical (unpaired) electrons. The maximum atomic E-state index is 12.1. The van der Waals surface area contributed by atoms with Crippen LogP contribution in [0, 0.1) is 0 Å². The molecule has 1 rings (SSSR count). The maximum absolute atomic E-state index is 12.1. The van der Waals surface area contributed by atoms with Crippen LogP contribution in [0.1, 0.15) is 46.5 Å². The molecule has 118 valence electrons. The van der Waals surface area contributed by atoms with Crippen molar-refractivity contribution in [3.63, 3.8) is 0 Å². The maximum Gasteiger partial charge on any atom is 0.326 e. The summed E-state index contributed by atoms with van der Waals surface area (Å²) in [4.78, 5) is 12.1. The van der Waals surface area contributed by atoms with Gasteiger partial charge >= 0.3 is 5.97 Å². The summed E-state index contributed by atoms with van der Waals surface area (Å²) in [5.74, 6) is 0.859. The van der Waals surface area contributed by atoms with E-state index in [0.29, 0.717) is 11.9 Å². The van der Waals surface area contributed by atoms with E-state index in [9.17, 15) is 4.79 Å². The molecule has 0 aromatic heterocycles. The molecule has 1 saturated heterocycles. The van der Waals surface area contributed by atoms with Gasteiger partial charge in [-0.3, -0.25) is 4.79 Å². The van der Waals surface area contributed by atoms with E-state index in [0.717, 1.165) is 51.2 Å². The van der Waals surface area contributed by atoms with Crippen molar-refractivity contribution in [2.24, 2.45) is 0 Å². The summed E-state index contributed by atoms with van der Waals surface area (Å²) in [7, 11) is 0. The summed E-state index contributed by atoms with van der Waals surface area (Å²) in [6.07, 6.45) is 4.09. The summed E-state index contributed by atoms with van der Waals surface area (Å²) in [6, 6.07) is 0. The second-order valence-electron chi connectivity index (χ2n) is 5.41. The highest BCUT2D eigenvalue weighted by Gasteiger charge is 2.33.